The van der Waals surface area contributed by atoms with E-state index < -0.39 is 0 Å². The van der Waals surface area contributed by atoms with Crippen LogP contribution in [0.4, 0.5) is 0 Å². The van der Waals surface area contributed by atoms with Gasteiger partial charge in [0.05, 0.1) is 18.3 Å². The Bertz CT molecular complexity index is 943. The standard InChI is InChI=1S/C23H29N3O3/c1-23(2)10-18-19(11-23)24-25-21(18)15-3-4-17-16(9-15)12-26(22(17)28)20(13-27)14-5-7-29-8-6-14/h3-4,9,14,20,27H,5-8,10-13H2,1-2H3,(H,24,25). The van der Waals surface area contributed by atoms with Gasteiger partial charge in [0.25, 0.3) is 5.91 Å². The number of fused-ring (bicyclic) bond motifs is 2. The van der Waals surface area contributed by atoms with Gasteiger partial charge >= 0.3 is 0 Å². The summed E-state index contributed by atoms with van der Waals surface area (Å²) in [5.74, 6) is 0.328. The lowest BCUT2D eigenvalue weighted by Gasteiger charge is -2.35. The van der Waals surface area contributed by atoms with Gasteiger partial charge in [-0.1, -0.05) is 19.9 Å². The lowest BCUT2D eigenvalue weighted by molar-refractivity contribution is 0.00843. The second kappa shape index (κ2) is 6.96. The predicted octanol–water partition coefficient (Wildman–Crippen LogP) is 2.94. The van der Waals surface area contributed by atoms with E-state index in [2.05, 4.69) is 30.1 Å². The molecule has 1 unspecified atom stereocenters. The van der Waals surface area contributed by atoms with E-state index in [9.17, 15) is 9.90 Å². The molecule has 2 N–H and O–H groups in total. The van der Waals surface area contributed by atoms with Crippen LogP contribution in [0.25, 0.3) is 11.3 Å². The first-order valence-corrected chi connectivity index (χ1v) is 10.7. The van der Waals surface area contributed by atoms with Gasteiger partial charge in [0.2, 0.25) is 0 Å². The topological polar surface area (TPSA) is 78.5 Å². The smallest absolute Gasteiger partial charge is 0.254 e. The van der Waals surface area contributed by atoms with Gasteiger partial charge in [0.15, 0.2) is 0 Å². The average molecular weight is 396 g/mol. The molecule has 3 aliphatic rings. The van der Waals surface area contributed by atoms with Crippen molar-refractivity contribution in [3.05, 3.63) is 40.6 Å². The summed E-state index contributed by atoms with van der Waals surface area (Å²) in [6.07, 6.45) is 3.83. The molecule has 1 atom stereocenters. The van der Waals surface area contributed by atoms with Crippen LogP contribution in [0, 0.1) is 11.3 Å². The van der Waals surface area contributed by atoms with E-state index in [-0.39, 0.29) is 24.0 Å². The first-order valence-electron chi connectivity index (χ1n) is 10.7. The Labute approximate surface area is 171 Å². The number of hydrogen-bond acceptors (Lipinski definition) is 4. The lowest BCUT2D eigenvalue weighted by Crippen LogP contribution is -2.45. The number of amides is 1. The summed E-state index contributed by atoms with van der Waals surface area (Å²) in [5.41, 5.74) is 6.69. The van der Waals surface area contributed by atoms with Gasteiger partial charge in [0, 0.05) is 42.1 Å². The van der Waals surface area contributed by atoms with E-state index in [4.69, 9.17) is 4.74 Å². The predicted molar refractivity (Wildman–Crippen MR) is 110 cm³/mol. The van der Waals surface area contributed by atoms with Crippen molar-refractivity contribution >= 4 is 5.91 Å². The average Bonchev–Trinajstić information content (AvgIpc) is 3.33. The van der Waals surface area contributed by atoms with Crippen LogP contribution in [0.1, 0.15) is 53.9 Å². The maximum absolute atomic E-state index is 13.1. The van der Waals surface area contributed by atoms with E-state index in [1.807, 2.05) is 17.0 Å². The molecular weight excluding hydrogens is 366 g/mol. The third-order valence-corrected chi connectivity index (χ3v) is 6.87. The number of carbonyl (C=O) groups is 1. The molecule has 1 amide bonds. The Morgan fingerprint density at radius 2 is 2.10 bits per heavy atom. The van der Waals surface area contributed by atoms with Crippen LogP contribution in [0.3, 0.4) is 0 Å². The van der Waals surface area contributed by atoms with E-state index in [1.165, 1.54) is 11.3 Å². The largest absolute Gasteiger partial charge is 0.394 e. The highest BCUT2D eigenvalue weighted by molar-refractivity contribution is 5.99. The summed E-state index contributed by atoms with van der Waals surface area (Å²) in [6.45, 7) is 6.55. The fourth-order valence-corrected chi connectivity index (χ4v) is 5.36. The van der Waals surface area contributed by atoms with Gasteiger partial charge < -0.3 is 14.7 Å². The molecule has 1 fully saturated rings. The zero-order valence-corrected chi connectivity index (χ0v) is 17.2. The monoisotopic (exact) mass is 395 g/mol. The number of nitrogens with zero attached hydrogens (tertiary/aromatic N) is 2. The minimum absolute atomic E-state index is 0.000784. The van der Waals surface area contributed by atoms with Crippen LogP contribution in [-0.2, 0) is 24.1 Å². The highest BCUT2D eigenvalue weighted by atomic mass is 16.5. The highest BCUT2D eigenvalue weighted by Gasteiger charge is 2.38. The van der Waals surface area contributed by atoms with E-state index in [1.54, 1.807) is 0 Å². The minimum atomic E-state index is -0.141. The van der Waals surface area contributed by atoms with E-state index in [0.29, 0.717) is 25.7 Å². The summed E-state index contributed by atoms with van der Waals surface area (Å²) in [6, 6.07) is 5.93. The third-order valence-electron chi connectivity index (χ3n) is 6.87. The Morgan fingerprint density at radius 3 is 2.86 bits per heavy atom. The van der Waals surface area contributed by atoms with Gasteiger partial charge in [-0.2, -0.15) is 5.10 Å². The fourth-order valence-electron chi connectivity index (χ4n) is 5.36. The molecule has 0 radical (unpaired) electrons. The second-order valence-electron chi connectivity index (χ2n) is 9.55. The van der Waals surface area contributed by atoms with Crippen LogP contribution in [0.15, 0.2) is 18.2 Å². The van der Waals surface area contributed by atoms with Crippen molar-refractivity contribution in [1.82, 2.24) is 15.1 Å². The summed E-state index contributed by atoms with van der Waals surface area (Å²) >= 11 is 0. The molecule has 0 bridgehead atoms. The molecule has 6 nitrogen and oxygen atoms in total. The third kappa shape index (κ3) is 3.19. The number of benzene rings is 1. The first-order chi connectivity index (χ1) is 14.0. The number of hydrogen-bond donors (Lipinski definition) is 2. The second-order valence-corrected chi connectivity index (χ2v) is 9.55. The van der Waals surface area contributed by atoms with Gasteiger partial charge in [-0.25, -0.2) is 0 Å². The molecule has 6 heteroatoms. The van der Waals surface area contributed by atoms with Gasteiger partial charge in [-0.05, 0) is 54.7 Å². The number of aliphatic hydroxyl groups excluding tert-OH is 1. The molecule has 1 saturated heterocycles. The van der Waals surface area contributed by atoms with Crippen molar-refractivity contribution in [1.29, 1.82) is 0 Å². The molecule has 3 heterocycles. The Balaban J connectivity index is 1.42. The van der Waals surface area contributed by atoms with Crippen molar-refractivity contribution < 1.29 is 14.6 Å². The molecular formula is C23H29N3O3. The molecule has 2 aromatic rings. The lowest BCUT2D eigenvalue weighted by atomic mass is 9.90. The minimum Gasteiger partial charge on any atom is -0.394 e. The molecule has 1 aromatic heterocycles. The molecule has 1 aromatic carbocycles. The molecule has 29 heavy (non-hydrogen) atoms. The quantitative estimate of drug-likeness (QED) is 0.834. The molecule has 5 rings (SSSR count). The van der Waals surface area contributed by atoms with Crippen LogP contribution in [0.2, 0.25) is 0 Å². The number of ether oxygens (including phenoxy) is 1. The summed E-state index contributed by atoms with van der Waals surface area (Å²) in [7, 11) is 0. The molecule has 154 valence electrons. The molecule has 0 saturated carbocycles. The number of carbonyl (C=O) groups excluding carboxylic acids is 1. The van der Waals surface area contributed by atoms with Crippen molar-refractivity contribution in [2.75, 3.05) is 19.8 Å². The number of H-pyrrole nitrogens is 1. The summed E-state index contributed by atoms with van der Waals surface area (Å²) in [5, 5.41) is 17.9. The Kier molecular flexibility index (Phi) is 4.51. The van der Waals surface area contributed by atoms with Crippen LogP contribution in [0.5, 0.6) is 0 Å². The Morgan fingerprint density at radius 1 is 1.31 bits per heavy atom. The van der Waals surface area contributed by atoms with Gasteiger partial charge in [-0.3, -0.25) is 9.89 Å². The molecule has 0 spiro atoms. The zero-order valence-electron chi connectivity index (χ0n) is 17.2. The van der Waals surface area contributed by atoms with Crippen LogP contribution in [-0.4, -0.2) is 52.0 Å². The number of aromatic amines is 1. The fraction of sp³-hybridized carbons (Fsp3) is 0.565. The maximum atomic E-state index is 13.1. The number of rotatable bonds is 4. The molecule has 1 aliphatic carbocycles. The Hall–Kier alpha value is -2.18. The summed E-state index contributed by atoms with van der Waals surface area (Å²) < 4.78 is 5.46. The SMILES string of the molecule is CC1(C)Cc2[nH]nc(-c3ccc4c(c3)CN(C(CO)C3CCOCC3)C4=O)c2C1. The highest BCUT2D eigenvalue weighted by Crippen LogP contribution is 2.40. The summed E-state index contributed by atoms with van der Waals surface area (Å²) in [4.78, 5) is 14.9. The number of aliphatic hydroxyl groups is 1. The maximum Gasteiger partial charge on any atom is 0.254 e. The van der Waals surface area contributed by atoms with Crippen LogP contribution < -0.4 is 0 Å². The van der Waals surface area contributed by atoms with Crippen molar-refractivity contribution in [2.45, 2.75) is 52.1 Å². The van der Waals surface area contributed by atoms with E-state index >= 15 is 0 Å². The first kappa shape index (κ1) is 18.8. The normalized spacial score (nSPS) is 22.0. The van der Waals surface area contributed by atoms with E-state index in [0.717, 1.165) is 48.1 Å². The van der Waals surface area contributed by atoms with Crippen LogP contribution >= 0.6 is 0 Å². The molecule has 2 aliphatic heterocycles. The number of aromatic nitrogens is 2. The van der Waals surface area contributed by atoms with Crippen molar-refractivity contribution in [2.24, 2.45) is 11.3 Å². The van der Waals surface area contributed by atoms with Gasteiger partial charge in [0.1, 0.15) is 0 Å². The zero-order chi connectivity index (χ0) is 20.2. The van der Waals surface area contributed by atoms with Crippen molar-refractivity contribution in [3.8, 4) is 11.3 Å². The van der Waals surface area contributed by atoms with Gasteiger partial charge in [-0.15, -0.1) is 0 Å². The number of nitrogens with one attached hydrogen (secondary N) is 1. The van der Waals surface area contributed by atoms with Crippen molar-refractivity contribution in [3.63, 3.8) is 0 Å².